The van der Waals surface area contributed by atoms with E-state index in [-0.39, 0.29) is 0 Å². The number of phenols is 1. The minimum atomic E-state index is 0.324. The van der Waals surface area contributed by atoms with Gasteiger partial charge in [-0.15, -0.1) is 0 Å². The molecule has 0 bridgehead atoms. The Morgan fingerprint density at radius 1 is 1.53 bits per heavy atom. The average molecular weight is 314 g/mol. The van der Waals surface area contributed by atoms with Crippen LogP contribution in [-0.4, -0.2) is 11.7 Å². The summed E-state index contributed by atoms with van der Waals surface area (Å²) in [4.78, 5) is 0. The Kier molecular flexibility index (Phi) is 1.99. The van der Waals surface area contributed by atoms with Crippen molar-refractivity contribution < 1.29 is 9.84 Å². The predicted octanol–water partition coefficient (Wildman–Crippen LogP) is 2.89. The molecule has 1 aromatic carbocycles. The number of hydrogen-bond donors (Lipinski definition) is 1. The van der Waals surface area contributed by atoms with E-state index in [9.17, 15) is 5.11 Å². The zero-order valence-electron chi connectivity index (χ0n) is 8.38. The number of halogens is 1. The Morgan fingerprint density at radius 3 is 3.13 bits per heavy atom. The van der Waals surface area contributed by atoms with Gasteiger partial charge in [0.05, 0.1) is 10.2 Å². The van der Waals surface area contributed by atoms with Crippen LogP contribution in [-0.2, 0) is 6.42 Å². The Balaban J connectivity index is 2.37. The topological polar surface area (TPSA) is 29.5 Å². The standard InChI is InChI=1S/C12H11IO2/c1-6-8-4-2-3-7-5-15-12(9(7)8)11(14)10(6)13/h2-3,7,14H,4-5H2,1H3. The normalized spacial score (nSPS) is 21.3. The van der Waals surface area contributed by atoms with Crippen molar-refractivity contribution in [2.75, 3.05) is 6.61 Å². The van der Waals surface area contributed by atoms with Gasteiger partial charge in [-0.1, -0.05) is 12.2 Å². The maximum absolute atomic E-state index is 10.0. The summed E-state index contributed by atoms with van der Waals surface area (Å²) >= 11 is 2.19. The molecule has 1 aromatic rings. The van der Waals surface area contributed by atoms with Gasteiger partial charge in [0.2, 0.25) is 0 Å². The zero-order valence-corrected chi connectivity index (χ0v) is 10.5. The van der Waals surface area contributed by atoms with Gasteiger partial charge in [-0.25, -0.2) is 0 Å². The van der Waals surface area contributed by atoms with Gasteiger partial charge in [0, 0.05) is 11.5 Å². The van der Waals surface area contributed by atoms with E-state index >= 15 is 0 Å². The summed E-state index contributed by atoms with van der Waals surface area (Å²) in [6.45, 7) is 2.75. The first-order valence-corrected chi connectivity index (χ1v) is 6.11. The molecule has 78 valence electrons. The lowest BCUT2D eigenvalue weighted by molar-refractivity contribution is 0.325. The lowest BCUT2D eigenvalue weighted by atomic mass is 9.86. The molecule has 1 N–H and O–H groups in total. The Labute approximate surface area is 102 Å². The van der Waals surface area contributed by atoms with Gasteiger partial charge in [-0.3, -0.25) is 0 Å². The van der Waals surface area contributed by atoms with Crippen molar-refractivity contribution in [2.24, 2.45) is 0 Å². The van der Waals surface area contributed by atoms with Gasteiger partial charge >= 0.3 is 0 Å². The van der Waals surface area contributed by atoms with Crippen LogP contribution in [0.5, 0.6) is 11.5 Å². The summed E-state index contributed by atoms with van der Waals surface area (Å²) in [5.74, 6) is 1.39. The molecule has 2 aliphatic rings. The van der Waals surface area contributed by atoms with Crippen molar-refractivity contribution in [2.45, 2.75) is 19.3 Å². The van der Waals surface area contributed by atoms with Gasteiger partial charge in [0.25, 0.3) is 0 Å². The molecular weight excluding hydrogens is 303 g/mol. The van der Waals surface area contributed by atoms with Crippen LogP contribution in [0.25, 0.3) is 0 Å². The highest BCUT2D eigenvalue weighted by Gasteiger charge is 2.32. The molecule has 1 heterocycles. The maximum atomic E-state index is 10.0. The largest absolute Gasteiger partial charge is 0.504 e. The van der Waals surface area contributed by atoms with E-state index < -0.39 is 0 Å². The lowest BCUT2D eigenvalue weighted by Gasteiger charge is -2.18. The van der Waals surface area contributed by atoms with E-state index in [2.05, 4.69) is 41.7 Å². The van der Waals surface area contributed by atoms with Crippen molar-refractivity contribution in [1.29, 1.82) is 0 Å². The number of ether oxygens (including phenoxy) is 1. The first-order valence-electron chi connectivity index (χ1n) is 5.03. The van der Waals surface area contributed by atoms with Crippen LogP contribution < -0.4 is 4.74 Å². The minimum Gasteiger partial charge on any atom is -0.504 e. The molecule has 1 aliphatic heterocycles. The fraction of sp³-hybridized carbons (Fsp3) is 0.333. The number of hydrogen-bond acceptors (Lipinski definition) is 2. The van der Waals surface area contributed by atoms with E-state index in [1.165, 1.54) is 16.7 Å². The molecule has 1 unspecified atom stereocenters. The van der Waals surface area contributed by atoms with Gasteiger partial charge < -0.3 is 9.84 Å². The molecule has 3 heteroatoms. The van der Waals surface area contributed by atoms with Crippen molar-refractivity contribution in [3.05, 3.63) is 32.4 Å². The molecule has 15 heavy (non-hydrogen) atoms. The molecule has 3 rings (SSSR count). The summed E-state index contributed by atoms with van der Waals surface area (Å²) in [5, 5.41) is 10.0. The Bertz CT molecular complexity index is 477. The molecule has 0 amide bonds. The summed E-state index contributed by atoms with van der Waals surface area (Å²) in [7, 11) is 0. The lowest BCUT2D eigenvalue weighted by Crippen LogP contribution is -2.05. The fourth-order valence-corrected chi connectivity index (χ4v) is 3.01. The molecular formula is C12H11IO2. The molecule has 0 radical (unpaired) electrons. The molecule has 0 aromatic heterocycles. The third-order valence-corrected chi connectivity index (χ3v) is 4.56. The highest BCUT2D eigenvalue weighted by atomic mass is 127. The molecule has 1 aliphatic carbocycles. The van der Waals surface area contributed by atoms with Crippen molar-refractivity contribution in [3.8, 4) is 11.5 Å². The van der Waals surface area contributed by atoms with Gasteiger partial charge in [0.1, 0.15) is 0 Å². The van der Waals surface area contributed by atoms with Crippen LogP contribution in [0.1, 0.15) is 22.6 Å². The van der Waals surface area contributed by atoms with Crippen LogP contribution in [0.2, 0.25) is 0 Å². The van der Waals surface area contributed by atoms with Gasteiger partial charge in [-0.05, 0) is 47.1 Å². The quantitative estimate of drug-likeness (QED) is 0.589. The SMILES string of the molecule is Cc1c(I)c(O)c2c3c1CC=CC3CO2. The van der Waals surface area contributed by atoms with Crippen molar-refractivity contribution in [1.82, 2.24) is 0 Å². The fourth-order valence-electron chi connectivity index (χ4n) is 2.44. The van der Waals surface area contributed by atoms with E-state index in [1.807, 2.05) is 0 Å². The highest BCUT2D eigenvalue weighted by molar-refractivity contribution is 14.1. The first-order chi connectivity index (χ1) is 7.20. The predicted molar refractivity (Wildman–Crippen MR) is 66.6 cm³/mol. The summed E-state index contributed by atoms with van der Waals surface area (Å²) in [5.41, 5.74) is 3.76. The number of aromatic hydroxyl groups is 1. The van der Waals surface area contributed by atoms with Crippen LogP contribution in [0.4, 0.5) is 0 Å². The number of rotatable bonds is 0. The number of benzene rings is 1. The number of phenolic OH excluding ortho intramolecular Hbond substituents is 1. The van der Waals surface area contributed by atoms with E-state index in [0.29, 0.717) is 24.0 Å². The van der Waals surface area contributed by atoms with Crippen LogP contribution in [0.3, 0.4) is 0 Å². The van der Waals surface area contributed by atoms with Crippen molar-refractivity contribution in [3.63, 3.8) is 0 Å². The first kappa shape index (κ1) is 9.51. The van der Waals surface area contributed by atoms with E-state index in [1.54, 1.807) is 0 Å². The third-order valence-electron chi connectivity index (χ3n) is 3.24. The molecule has 2 nitrogen and oxygen atoms in total. The van der Waals surface area contributed by atoms with Gasteiger partial charge in [0.15, 0.2) is 11.5 Å². The monoisotopic (exact) mass is 314 g/mol. The Hall–Kier alpha value is -0.710. The van der Waals surface area contributed by atoms with Crippen LogP contribution in [0.15, 0.2) is 12.2 Å². The molecule has 1 atom stereocenters. The molecule has 0 spiro atoms. The molecule has 0 saturated heterocycles. The second kappa shape index (κ2) is 3.14. The molecule has 0 fully saturated rings. The summed E-state index contributed by atoms with van der Waals surface area (Å²) in [6, 6.07) is 0. The second-order valence-electron chi connectivity index (χ2n) is 4.06. The summed E-state index contributed by atoms with van der Waals surface area (Å²) < 4.78 is 6.51. The van der Waals surface area contributed by atoms with Gasteiger partial charge in [-0.2, -0.15) is 0 Å². The number of allylic oxidation sites excluding steroid dienone is 1. The average Bonchev–Trinajstić information content (AvgIpc) is 2.68. The highest BCUT2D eigenvalue weighted by Crippen LogP contribution is 2.49. The minimum absolute atomic E-state index is 0.324. The zero-order chi connectivity index (χ0) is 10.6. The van der Waals surface area contributed by atoms with E-state index in [0.717, 1.165) is 9.99 Å². The third kappa shape index (κ3) is 1.16. The van der Waals surface area contributed by atoms with E-state index in [4.69, 9.17) is 4.74 Å². The van der Waals surface area contributed by atoms with Crippen LogP contribution in [0, 0.1) is 10.5 Å². The van der Waals surface area contributed by atoms with Crippen LogP contribution >= 0.6 is 22.6 Å². The maximum Gasteiger partial charge on any atom is 0.171 e. The Morgan fingerprint density at radius 2 is 2.33 bits per heavy atom. The molecule has 0 saturated carbocycles. The smallest absolute Gasteiger partial charge is 0.171 e. The summed E-state index contributed by atoms with van der Waals surface area (Å²) in [6.07, 6.45) is 5.35. The second-order valence-corrected chi connectivity index (χ2v) is 5.14. The van der Waals surface area contributed by atoms with Crippen molar-refractivity contribution >= 4 is 22.6 Å².